The van der Waals surface area contributed by atoms with Crippen molar-refractivity contribution < 1.29 is 18.8 Å². The molecule has 0 unspecified atom stereocenters. The van der Waals surface area contributed by atoms with E-state index < -0.39 is 5.97 Å². The lowest BCUT2D eigenvalue weighted by Gasteiger charge is -2.07. The van der Waals surface area contributed by atoms with E-state index in [9.17, 15) is 9.18 Å². The standard InChI is InChI=1S/C21H16BrFN2O3/c22-17-7-3-16(4-8-17)21(26)28-25-20(24)15-5-11-19(12-6-15)27-13-14-1-9-18(23)10-2-14/h1-12H,13H2,(H2,24,25). The molecule has 3 rings (SSSR count). The SMILES string of the molecule is N/C(=N/OC(=O)c1ccc(Br)cc1)c1ccc(OCc2ccc(F)cc2)cc1. The summed E-state index contributed by atoms with van der Waals surface area (Å²) in [6.07, 6.45) is 0. The molecule has 0 aromatic heterocycles. The lowest BCUT2D eigenvalue weighted by atomic mass is 10.2. The maximum Gasteiger partial charge on any atom is 0.365 e. The molecule has 0 aliphatic heterocycles. The summed E-state index contributed by atoms with van der Waals surface area (Å²) in [4.78, 5) is 16.8. The molecular formula is C21H16BrFN2O3. The zero-order valence-electron chi connectivity index (χ0n) is 14.6. The molecule has 0 atom stereocenters. The molecule has 0 aliphatic carbocycles. The molecule has 0 bridgehead atoms. The number of hydrogen-bond acceptors (Lipinski definition) is 4. The van der Waals surface area contributed by atoms with Crippen molar-refractivity contribution in [3.8, 4) is 5.75 Å². The summed E-state index contributed by atoms with van der Waals surface area (Å²) < 4.78 is 19.4. The second kappa shape index (κ2) is 9.14. The van der Waals surface area contributed by atoms with Gasteiger partial charge in [-0.3, -0.25) is 0 Å². The summed E-state index contributed by atoms with van der Waals surface area (Å²) >= 11 is 3.30. The van der Waals surface area contributed by atoms with E-state index in [4.69, 9.17) is 15.3 Å². The van der Waals surface area contributed by atoms with E-state index in [-0.39, 0.29) is 11.7 Å². The van der Waals surface area contributed by atoms with Crippen LogP contribution in [0.2, 0.25) is 0 Å². The Morgan fingerprint density at radius 3 is 2.18 bits per heavy atom. The number of nitrogens with zero attached hydrogens (tertiary/aromatic N) is 1. The molecule has 0 radical (unpaired) electrons. The molecule has 0 saturated heterocycles. The molecule has 0 saturated carbocycles. The number of carbonyl (C=O) groups is 1. The van der Waals surface area contributed by atoms with Crippen molar-refractivity contribution >= 4 is 27.7 Å². The number of ether oxygens (including phenoxy) is 1. The van der Waals surface area contributed by atoms with Crippen molar-refractivity contribution in [2.75, 3.05) is 0 Å². The highest BCUT2D eigenvalue weighted by molar-refractivity contribution is 9.10. The van der Waals surface area contributed by atoms with Gasteiger partial charge in [0, 0.05) is 10.0 Å². The predicted octanol–water partition coefficient (Wildman–Crippen LogP) is 4.64. The molecular weight excluding hydrogens is 427 g/mol. The van der Waals surface area contributed by atoms with Gasteiger partial charge < -0.3 is 15.3 Å². The van der Waals surface area contributed by atoms with Crippen molar-refractivity contribution in [3.05, 3.63) is 99.8 Å². The highest BCUT2D eigenvalue weighted by atomic mass is 79.9. The third-order valence-corrected chi connectivity index (χ3v) is 4.30. The first-order chi connectivity index (χ1) is 13.5. The van der Waals surface area contributed by atoms with Crippen LogP contribution in [-0.4, -0.2) is 11.8 Å². The maximum atomic E-state index is 12.9. The van der Waals surface area contributed by atoms with Crippen molar-refractivity contribution in [2.24, 2.45) is 10.9 Å². The van der Waals surface area contributed by atoms with Crippen LogP contribution >= 0.6 is 15.9 Å². The van der Waals surface area contributed by atoms with Crippen LogP contribution in [0.4, 0.5) is 4.39 Å². The molecule has 7 heteroatoms. The van der Waals surface area contributed by atoms with E-state index in [2.05, 4.69) is 21.1 Å². The molecule has 0 aliphatic rings. The van der Waals surface area contributed by atoms with Crippen LogP contribution < -0.4 is 10.5 Å². The minimum absolute atomic E-state index is 0.0653. The minimum atomic E-state index is -0.602. The lowest BCUT2D eigenvalue weighted by Crippen LogP contribution is -2.15. The van der Waals surface area contributed by atoms with E-state index in [1.807, 2.05) is 0 Å². The number of halogens is 2. The first-order valence-corrected chi connectivity index (χ1v) is 9.08. The first-order valence-electron chi connectivity index (χ1n) is 8.29. The Labute approximate surface area is 169 Å². The monoisotopic (exact) mass is 442 g/mol. The van der Waals surface area contributed by atoms with Gasteiger partial charge in [-0.1, -0.05) is 33.2 Å². The Kier molecular flexibility index (Phi) is 6.39. The predicted molar refractivity (Wildman–Crippen MR) is 107 cm³/mol. The van der Waals surface area contributed by atoms with E-state index in [1.54, 1.807) is 60.7 Å². The molecule has 3 aromatic carbocycles. The smallest absolute Gasteiger partial charge is 0.365 e. The Morgan fingerprint density at radius 2 is 1.54 bits per heavy atom. The van der Waals surface area contributed by atoms with Crippen molar-refractivity contribution in [2.45, 2.75) is 6.61 Å². The van der Waals surface area contributed by atoms with Gasteiger partial charge in [0.15, 0.2) is 5.84 Å². The average Bonchev–Trinajstić information content (AvgIpc) is 2.72. The zero-order valence-corrected chi connectivity index (χ0v) is 16.2. The van der Waals surface area contributed by atoms with Gasteiger partial charge in [0.1, 0.15) is 18.2 Å². The Morgan fingerprint density at radius 1 is 0.929 bits per heavy atom. The number of amidine groups is 1. The van der Waals surface area contributed by atoms with Gasteiger partial charge in [0.05, 0.1) is 5.56 Å². The van der Waals surface area contributed by atoms with Gasteiger partial charge in [0.2, 0.25) is 0 Å². The van der Waals surface area contributed by atoms with E-state index in [1.165, 1.54) is 12.1 Å². The summed E-state index contributed by atoms with van der Waals surface area (Å²) in [5, 5.41) is 3.68. The highest BCUT2D eigenvalue weighted by Gasteiger charge is 2.08. The number of hydrogen-bond donors (Lipinski definition) is 1. The fourth-order valence-electron chi connectivity index (χ4n) is 2.25. The van der Waals surface area contributed by atoms with Crippen LogP contribution in [-0.2, 0) is 11.4 Å². The summed E-state index contributed by atoms with van der Waals surface area (Å²) in [6.45, 7) is 0.313. The quantitative estimate of drug-likeness (QED) is 0.261. The van der Waals surface area contributed by atoms with Crippen molar-refractivity contribution in [1.29, 1.82) is 0 Å². The maximum absolute atomic E-state index is 12.9. The third-order valence-electron chi connectivity index (χ3n) is 3.78. The van der Waals surface area contributed by atoms with Gasteiger partial charge in [-0.15, -0.1) is 0 Å². The summed E-state index contributed by atoms with van der Waals surface area (Å²) in [5.41, 5.74) is 7.66. The number of carbonyl (C=O) groups excluding carboxylic acids is 1. The van der Waals surface area contributed by atoms with Gasteiger partial charge in [0.25, 0.3) is 0 Å². The minimum Gasteiger partial charge on any atom is -0.489 e. The summed E-state index contributed by atoms with van der Waals surface area (Å²) in [7, 11) is 0. The molecule has 28 heavy (non-hydrogen) atoms. The molecule has 0 heterocycles. The second-order valence-electron chi connectivity index (χ2n) is 5.80. The zero-order chi connectivity index (χ0) is 19.9. The molecule has 3 aromatic rings. The first kappa shape index (κ1) is 19.6. The number of rotatable bonds is 6. The van der Waals surface area contributed by atoms with Crippen LogP contribution in [0.3, 0.4) is 0 Å². The second-order valence-corrected chi connectivity index (χ2v) is 6.72. The van der Waals surface area contributed by atoms with Gasteiger partial charge in [-0.05, 0) is 66.2 Å². The fourth-order valence-corrected chi connectivity index (χ4v) is 2.52. The molecule has 5 nitrogen and oxygen atoms in total. The lowest BCUT2D eigenvalue weighted by molar-refractivity contribution is 0.0516. The third kappa shape index (κ3) is 5.40. The molecule has 0 fully saturated rings. The Hall–Kier alpha value is -3.19. The van der Waals surface area contributed by atoms with E-state index in [0.717, 1.165) is 10.0 Å². The van der Waals surface area contributed by atoms with Crippen LogP contribution in [0.25, 0.3) is 0 Å². The average molecular weight is 443 g/mol. The topological polar surface area (TPSA) is 73.9 Å². The van der Waals surface area contributed by atoms with Crippen LogP contribution in [0.1, 0.15) is 21.5 Å². The highest BCUT2D eigenvalue weighted by Crippen LogP contribution is 2.15. The van der Waals surface area contributed by atoms with E-state index >= 15 is 0 Å². The van der Waals surface area contributed by atoms with Gasteiger partial charge in [-0.25, -0.2) is 9.18 Å². The van der Waals surface area contributed by atoms with Crippen LogP contribution in [0, 0.1) is 5.82 Å². The Bertz CT molecular complexity index is 972. The summed E-state index contributed by atoms with van der Waals surface area (Å²) in [5.74, 6) is -0.207. The Balaban J connectivity index is 1.57. The molecule has 0 spiro atoms. The molecule has 0 amide bonds. The van der Waals surface area contributed by atoms with Gasteiger partial charge >= 0.3 is 5.97 Å². The van der Waals surface area contributed by atoms with E-state index in [0.29, 0.717) is 23.5 Å². The fraction of sp³-hybridized carbons (Fsp3) is 0.0476. The normalized spacial score (nSPS) is 11.1. The number of benzene rings is 3. The van der Waals surface area contributed by atoms with Gasteiger partial charge in [-0.2, -0.15) is 0 Å². The molecule has 142 valence electrons. The van der Waals surface area contributed by atoms with Crippen molar-refractivity contribution in [3.63, 3.8) is 0 Å². The van der Waals surface area contributed by atoms with Crippen LogP contribution in [0.15, 0.2) is 82.4 Å². The number of nitrogens with two attached hydrogens (primary N) is 1. The summed E-state index contributed by atoms with van der Waals surface area (Å²) in [6, 6.07) is 19.6. The molecule has 2 N–H and O–H groups in total. The number of oxime groups is 1. The largest absolute Gasteiger partial charge is 0.489 e. The van der Waals surface area contributed by atoms with Crippen molar-refractivity contribution in [1.82, 2.24) is 0 Å². The van der Waals surface area contributed by atoms with Crippen LogP contribution in [0.5, 0.6) is 5.75 Å².